The molecule has 1 unspecified atom stereocenters. The van der Waals surface area contributed by atoms with Crippen molar-refractivity contribution < 1.29 is 18.3 Å². The van der Waals surface area contributed by atoms with Gasteiger partial charge in [0.05, 0.1) is 12.9 Å². The molecule has 0 saturated heterocycles. The molecule has 0 saturated carbocycles. The highest BCUT2D eigenvalue weighted by Gasteiger charge is 2.14. The van der Waals surface area contributed by atoms with Gasteiger partial charge in [-0.2, -0.15) is 0 Å². The van der Waals surface area contributed by atoms with Crippen molar-refractivity contribution in [1.29, 1.82) is 0 Å². The molecule has 1 rings (SSSR count). The minimum absolute atomic E-state index is 0.0269. The maximum Gasteiger partial charge on any atom is 0.407 e. The largest absolute Gasteiger partial charge is 0.450 e. The Morgan fingerprint density at radius 3 is 2.86 bits per heavy atom. The summed E-state index contributed by atoms with van der Waals surface area (Å²) in [6, 6.07) is 5.98. The number of hydrogen-bond acceptors (Lipinski definition) is 2. The predicted octanol–water partition coefficient (Wildman–Crippen LogP) is 4.31. The van der Waals surface area contributed by atoms with E-state index in [4.69, 9.17) is 4.74 Å². The Morgan fingerprint density at radius 1 is 1.48 bits per heavy atom. The zero-order valence-corrected chi connectivity index (χ0v) is 12.4. The summed E-state index contributed by atoms with van der Waals surface area (Å²) >= 11 is 0. The summed E-state index contributed by atoms with van der Waals surface area (Å²) < 4.78 is 31.1. The van der Waals surface area contributed by atoms with Crippen LogP contribution in [0.3, 0.4) is 0 Å². The predicted molar refractivity (Wildman–Crippen MR) is 78.3 cm³/mol. The number of unbranched alkanes of at least 4 members (excludes halogenated alkanes) is 1. The molecular formula is C16H21F2NO2. The molecule has 0 bridgehead atoms. The number of ether oxygens (including phenoxy) is 1. The van der Waals surface area contributed by atoms with E-state index in [2.05, 4.69) is 5.32 Å². The monoisotopic (exact) mass is 297 g/mol. The van der Waals surface area contributed by atoms with Crippen LogP contribution in [-0.2, 0) is 4.74 Å². The Kier molecular flexibility index (Phi) is 7.43. The second kappa shape index (κ2) is 9.10. The van der Waals surface area contributed by atoms with Gasteiger partial charge in [-0.05, 0) is 29.7 Å². The maximum atomic E-state index is 13.2. The van der Waals surface area contributed by atoms with Gasteiger partial charge in [-0.3, -0.25) is 0 Å². The first-order chi connectivity index (χ1) is 10.1. The number of nitrogens with one attached hydrogen (secondary N) is 1. The summed E-state index contributed by atoms with van der Waals surface area (Å²) in [5.41, 5.74) is 1.01. The highest BCUT2D eigenvalue weighted by molar-refractivity contribution is 5.67. The molecule has 1 aromatic carbocycles. The van der Waals surface area contributed by atoms with Gasteiger partial charge in [-0.25, -0.2) is 13.6 Å². The van der Waals surface area contributed by atoms with Gasteiger partial charge in [0.2, 0.25) is 0 Å². The fourth-order valence-electron chi connectivity index (χ4n) is 1.81. The third-order valence-electron chi connectivity index (χ3n) is 3.21. The summed E-state index contributed by atoms with van der Waals surface area (Å²) in [5, 5.41) is 2.49. The van der Waals surface area contributed by atoms with E-state index in [0.717, 1.165) is 12.8 Å². The summed E-state index contributed by atoms with van der Waals surface area (Å²) in [7, 11) is 0. The molecule has 0 spiro atoms. The van der Waals surface area contributed by atoms with Crippen molar-refractivity contribution in [2.75, 3.05) is 13.2 Å². The van der Waals surface area contributed by atoms with Crippen molar-refractivity contribution in [3.63, 3.8) is 0 Å². The van der Waals surface area contributed by atoms with Crippen molar-refractivity contribution in [3.8, 4) is 0 Å². The number of alkyl carbamates (subject to hydrolysis) is 1. The molecule has 0 heterocycles. The molecule has 1 aromatic rings. The van der Waals surface area contributed by atoms with Gasteiger partial charge in [0.15, 0.2) is 0 Å². The van der Waals surface area contributed by atoms with Crippen LogP contribution in [0.1, 0.15) is 38.2 Å². The second-order valence-corrected chi connectivity index (χ2v) is 4.80. The fourth-order valence-corrected chi connectivity index (χ4v) is 1.81. The Balaban J connectivity index is 2.53. The minimum Gasteiger partial charge on any atom is -0.450 e. The van der Waals surface area contributed by atoms with Crippen LogP contribution < -0.4 is 5.32 Å². The Hall–Kier alpha value is -1.91. The number of hydrogen-bond donors (Lipinski definition) is 1. The molecule has 1 amide bonds. The lowest BCUT2D eigenvalue weighted by atomic mass is 9.93. The third kappa shape index (κ3) is 5.94. The molecule has 1 atom stereocenters. The fraction of sp³-hybridized carbons (Fsp3) is 0.438. The number of benzene rings is 1. The number of rotatable bonds is 7. The SMILES string of the molecule is CCCCOC(=O)NCC(=CF)C(C)c1cccc(F)c1. The quantitative estimate of drug-likeness (QED) is 0.762. The zero-order valence-electron chi connectivity index (χ0n) is 12.4. The molecule has 0 aliphatic carbocycles. The summed E-state index contributed by atoms with van der Waals surface area (Å²) in [4.78, 5) is 11.4. The number of halogens is 2. The van der Waals surface area contributed by atoms with Crippen molar-refractivity contribution in [2.45, 2.75) is 32.6 Å². The van der Waals surface area contributed by atoms with Crippen LogP contribution in [0.5, 0.6) is 0 Å². The van der Waals surface area contributed by atoms with Crippen LogP contribution in [0, 0.1) is 5.82 Å². The van der Waals surface area contributed by atoms with Crippen LogP contribution in [-0.4, -0.2) is 19.2 Å². The van der Waals surface area contributed by atoms with Crippen LogP contribution in [0.25, 0.3) is 0 Å². The van der Waals surface area contributed by atoms with Gasteiger partial charge in [0.1, 0.15) is 5.82 Å². The molecule has 5 heteroatoms. The van der Waals surface area contributed by atoms with E-state index in [9.17, 15) is 13.6 Å². The molecule has 3 nitrogen and oxygen atoms in total. The highest BCUT2D eigenvalue weighted by Crippen LogP contribution is 2.24. The van der Waals surface area contributed by atoms with E-state index in [1.807, 2.05) is 6.92 Å². The molecular weight excluding hydrogens is 276 g/mol. The summed E-state index contributed by atoms with van der Waals surface area (Å²) in [5.74, 6) is -0.703. The van der Waals surface area contributed by atoms with Crippen molar-refractivity contribution in [2.24, 2.45) is 0 Å². The van der Waals surface area contributed by atoms with E-state index < -0.39 is 6.09 Å². The minimum atomic E-state index is -0.575. The maximum absolute atomic E-state index is 13.2. The molecule has 0 fully saturated rings. The molecule has 0 aliphatic rings. The van der Waals surface area contributed by atoms with Gasteiger partial charge in [-0.15, -0.1) is 0 Å². The van der Waals surface area contributed by atoms with Gasteiger partial charge in [0.25, 0.3) is 0 Å². The van der Waals surface area contributed by atoms with Crippen LogP contribution in [0.2, 0.25) is 0 Å². The Bertz CT molecular complexity index is 489. The Morgan fingerprint density at radius 2 is 2.24 bits per heavy atom. The summed E-state index contributed by atoms with van der Waals surface area (Å²) in [6.07, 6.45) is 1.59. The molecule has 0 aliphatic heterocycles. The Labute approximate surface area is 124 Å². The van der Waals surface area contributed by atoms with Crippen LogP contribution in [0.15, 0.2) is 36.2 Å². The number of amides is 1. The van der Waals surface area contributed by atoms with Crippen molar-refractivity contribution in [1.82, 2.24) is 5.32 Å². The first-order valence-corrected chi connectivity index (χ1v) is 7.03. The van der Waals surface area contributed by atoms with Gasteiger partial charge >= 0.3 is 6.09 Å². The molecule has 1 N–H and O–H groups in total. The average molecular weight is 297 g/mol. The second-order valence-electron chi connectivity index (χ2n) is 4.80. The molecule has 116 valence electrons. The topological polar surface area (TPSA) is 38.3 Å². The normalized spacial score (nSPS) is 12.9. The van der Waals surface area contributed by atoms with E-state index in [1.165, 1.54) is 12.1 Å². The number of carbonyl (C=O) groups is 1. The van der Waals surface area contributed by atoms with Crippen molar-refractivity contribution in [3.05, 3.63) is 47.5 Å². The highest BCUT2D eigenvalue weighted by atomic mass is 19.1. The van der Waals surface area contributed by atoms with Gasteiger partial charge < -0.3 is 10.1 Å². The molecule has 0 aromatic heterocycles. The van der Waals surface area contributed by atoms with E-state index in [1.54, 1.807) is 19.1 Å². The lowest BCUT2D eigenvalue weighted by Crippen LogP contribution is -2.27. The van der Waals surface area contributed by atoms with Gasteiger partial charge in [-0.1, -0.05) is 32.4 Å². The summed E-state index contributed by atoms with van der Waals surface area (Å²) in [6.45, 7) is 4.12. The average Bonchev–Trinajstić information content (AvgIpc) is 2.48. The zero-order chi connectivity index (χ0) is 15.7. The lowest BCUT2D eigenvalue weighted by molar-refractivity contribution is 0.145. The van der Waals surface area contributed by atoms with Gasteiger partial charge in [0, 0.05) is 12.5 Å². The first kappa shape index (κ1) is 17.1. The molecule has 21 heavy (non-hydrogen) atoms. The van der Waals surface area contributed by atoms with E-state index in [0.29, 0.717) is 24.1 Å². The smallest absolute Gasteiger partial charge is 0.407 e. The lowest BCUT2D eigenvalue weighted by Gasteiger charge is -2.16. The standard InChI is InChI=1S/C16H21F2NO2/c1-3-4-8-21-16(20)19-11-14(10-17)12(2)13-6-5-7-15(18)9-13/h5-7,9-10,12H,3-4,8,11H2,1-2H3,(H,19,20). The third-order valence-corrected chi connectivity index (χ3v) is 3.21. The molecule has 0 radical (unpaired) electrons. The first-order valence-electron chi connectivity index (χ1n) is 7.03. The van der Waals surface area contributed by atoms with Crippen LogP contribution in [0.4, 0.5) is 13.6 Å². The van der Waals surface area contributed by atoms with E-state index in [-0.39, 0.29) is 18.3 Å². The number of carbonyl (C=O) groups excluding carboxylic acids is 1. The van der Waals surface area contributed by atoms with E-state index >= 15 is 0 Å². The van der Waals surface area contributed by atoms with Crippen molar-refractivity contribution >= 4 is 6.09 Å². The van der Waals surface area contributed by atoms with Crippen LogP contribution >= 0.6 is 0 Å².